The highest BCUT2D eigenvalue weighted by molar-refractivity contribution is 8.00. The number of ketones is 1. The van der Waals surface area contributed by atoms with Gasteiger partial charge in [0, 0.05) is 31.6 Å². The summed E-state index contributed by atoms with van der Waals surface area (Å²) in [6.45, 7) is -2.45. The molecule has 0 radical (unpaired) electrons. The van der Waals surface area contributed by atoms with E-state index in [1.165, 1.54) is 11.9 Å². The van der Waals surface area contributed by atoms with Gasteiger partial charge in [0.15, 0.2) is 12.6 Å². The number of aliphatic carboxylic acids is 1. The molecule has 0 spiro atoms. The smallest absolute Gasteiger partial charge is 0.321 e. The van der Waals surface area contributed by atoms with E-state index in [2.05, 4.69) is 5.32 Å². The van der Waals surface area contributed by atoms with Crippen LogP contribution in [-0.4, -0.2) is 161 Å². The summed E-state index contributed by atoms with van der Waals surface area (Å²) < 4.78 is 21.3. The molecule has 0 aromatic rings. The largest absolute Gasteiger partial charge is 0.480 e. The summed E-state index contributed by atoms with van der Waals surface area (Å²) >= 11 is 1.16. The van der Waals surface area contributed by atoms with Crippen LogP contribution in [0.3, 0.4) is 0 Å². The second-order valence-electron chi connectivity index (χ2n) is 10.0. The van der Waals surface area contributed by atoms with Crippen LogP contribution in [0.5, 0.6) is 0 Å². The van der Waals surface area contributed by atoms with E-state index < -0.39 is 75.1 Å². The highest BCUT2D eigenvalue weighted by Crippen LogP contribution is 2.26. The van der Waals surface area contributed by atoms with Gasteiger partial charge in [0.25, 0.3) is 0 Å². The van der Waals surface area contributed by atoms with Crippen LogP contribution in [0.4, 0.5) is 0 Å². The van der Waals surface area contributed by atoms with E-state index in [0.29, 0.717) is 32.1 Å². The van der Waals surface area contributed by atoms with Crippen molar-refractivity contribution in [3.8, 4) is 0 Å². The van der Waals surface area contributed by atoms with Crippen molar-refractivity contribution in [2.75, 3.05) is 65.6 Å². The third-order valence-electron chi connectivity index (χ3n) is 6.62. The molecule has 1 saturated heterocycles. The first-order valence-corrected chi connectivity index (χ1v) is 15.6. The molecule has 17 heteroatoms. The van der Waals surface area contributed by atoms with Gasteiger partial charge in [0.2, 0.25) is 11.8 Å². The number of carboxylic acid groups (broad SMARTS) is 1. The SMILES string of the molecule is CNC(CSC1CC(=O)N(CCCCCC(=O)CCCOC(CO)OC(CO)COC(CO)OC(CO)CO)C1=O)C(=O)O. The molecule has 7 N–H and O–H groups in total. The average Bonchev–Trinajstić information content (AvgIpc) is 3.29. The lowest BCUT2D eigenvalue weighted by Crippen LogP contribution is -2.37. The zero-order valence-electron chi connectivity index (χ0n) is 25.1. The molecule has 5 atom stereocenters. The Morgan fingerprint density at radius 3 is 2.09 bits per heavy atom. The molecule has 1 fully saturated rings. The number of thioether (sulfide) groups is 1. The number of carboxylic acids is 1. The van der Waals surface area contributed by atoms with Crippen molar-refractivity contribution < 1.29 is 68.8 Å². The zero-order valence-corrected chi connectivity index (χ0v) is 25.9. The Morgan fingerprint density at radius 2 is 1.50 bits per heavy atom. The lowest BCUT2D eigenvalue weighted by molar-refractivity contribution is -0.240. The minimum atomic E-state index is -1.18. The van der Waals surface area contributed by atoms with Crippen LogP contribution in [0.15, 0.2) is 0 Å². The van der Waals surface area contributed by atoms with Gasteiger partial charge in [-0.15, -0.1) is 11.8 Å². The number of aliphatic hydroxyl groups is 5. The first-order valence-electron chi connectivity index (χ1n) is 14.6. The number of carbonyl (C=O) groups is 4. The van der Waals surface area contributed by atoms with Crippen LogP contribution in [0.2, 0.25) is 0 Å². The molecule has 0 aliphatic carbocycles. The summed E-state index contributed by atoms with van der Waals surface area (Å²) in [6, 6.07) is -0.803. The van der Waals surface area contributed by atoms with Crippen LogP contribution in [0.25, 0.3) is 0 Å². The quantitative estimate of drug-likeness (QED) is 0.0270. The average molecular weight is 657 g/mol. The third-order valence-corrected chi connectivity index (χ3v) is 7.92. The van der Waals surface area contributed by atoms with E-state index in [-0.39, 0.29) is 56.0 Å². The second-order valence-corrected chi connectivity index (χ2v) is 11.3. The number of nitrogens with one attached hydrogen (secondary N) is 1. The number of carbonyl (C=O) groups excluding carboxylic acids is 3. The Bertz CT molecular complexity index is 849. The molecule has 0 saturated carbocycles. The Morgan fingerprint density at radius 1 is 0.886 bits per heavy atom. The van der Waals surface area contributed by atoms with E-state index in [1.54, 1.807) is 0 Å². The van der Waals surface area contributed by atoms with Crippen molar-refractivity contribution in [2.24, 2.45) is 0 Å². The van der Waals surface area contributed by atoms with E-state index in [9.17, 15) is 34.5 Å². The normalized spacial score (nSPS) is 18.2. The number of rotatable bonds is 28. The first-order chi connectivity index (χ1) is 21.1. The van der Waals surface area contributed by atoms with Crippen LogP contribution in [-0.2, 0) is 38.1 Å². The molecule has 5 unspecified atom stereocenters. The van der Waals surface area contributed by atoms with Crippen LogP contribution in [0.1, 0.15) is 44.9 Å². The summed E-state index contributed by atoms with van der Waals surface area (Å²) in [4.78, 5) is 49.4. The predicted molar refractivity (Wildman–Crippen MR) is 155 cm³/mol. The Balaban J connectivity index is 2.24. The fourth-order valence-corrected chi connectivity index (χ4v) is 5.34. The topological polar surface area (TPSA) is 242 Å². The number of likely N-dealkylation sites (tertiary alicyclic amines) is 1. The number of aliphatic hydroxyl groups excluding tert-OH is 5. The molecule has 1 aliphatic heterocycles. The first kappa shape index (κ1) is 40.3. The number of unbranched alkanes of at least 4 members (excludes halogenated alkanes) is 2. The minimum Gasteiger partial charge on any atom is -0.480 e. The van der Waals surface area contributed by atoms with Gasteiger partial charge in [-0.25, -0.2) is 0 Å². The van der Waals surface area contributed by atoms with Crippen molar-refractivity contribution in [3.05, 3.63) is 0 Å². The van der Waals surface area contributed by atoms with E-state index in [4.69, 9.17) is 34.3 Å². The number of likely N-dealkylation sites (N-methyl/N-ethyl adjacent to an activating group) is 1. The summed E-state index contributed by atoms with van der Waals surface area (Å²) in [5.74, 6) is -1.42. The van der Waals surface area contributed by atoms with Crippen molar-refractivity contribution in [1.82, 2.24) is 10.2 Å². The van der Waals surface area contributed by atoms with Crippen molar-refractivity contribution >= 4 is 35.3 Å². The fraction of sp³-hybridized carbons (Fsp3) is 0.852. The maximum absolute atomic E-state index is 12.6. The molecule has 1 aliphatic rings. The van der Waals surface area contributed by atoms with Gasteiger partial charge in [0.1, 0.15) is 24.0 Å². The van der Waals surface area contributed by atoms with Gasteiger partial charge in [0.05, 0.1) is 51.5 Å². The summed E-state index contributed by atoms with van der Waals surface area (Å²) in [6.07, 6.45) is -1.39. The molecular weight excluding hydrogens is 608 g/mol. The van der Waals surface area contributed by atoms with E-state index >= 15 is 0 Å². The molecule has 16 nitrogen and oxygen atoms in total. The number of ether oxygens (including phenoxy) is 4. The number of hydrogen-bond donors (Lipinski definition) is 7. The van der Waals surface area contributed by atoms with Crippen LogP contribution >= 0.6 is 11.8 Å². The van der Waals surface area contributed by atoms with Gasteiger partial charge < -0.3 is 54.9 Å². The van der Waals surface area contributed by atoms with Crippen molar-refractivity contribution in [2.45, 2.75) is 81.0 Å². The summed E-state index contributed by atoms with van der Waals surface area (Å²) in [7, 11) is 1.52. The second kappa shape index (κ2) is 23.6. The lowest BCUT2D eigenvalue weighted by Gasteiger charge is -2.25. The lowest BCUT2D eigenvalue weighted by atomic mass is 10.1. The Labute approximate surface area is 261 Å². The third kappa shape index (κ3) is 15.5. The van der Waals surface area contributed by atoms with Gasteiger partial charge in [-0.2, -0.15) is 0 Å². The number of hydrogen-bond acceptors (Lipinski definition) is 15. The number of Topliss-reactive ketones (excluding diaryl/α,β-unsaturated/α-hetero) is 1. The number of imide groups is 1. The standard InChI is InChI=1S/C27H48N2O14S/c1-28-21(27(38)39)17-44-22-10-23(36)29(26(22)37)8-4-2-3-6-18(35)7-5-9-40-24(14-33)43-20(13-32)16-41-25(15-34)42-19(11-30)12-31/h19-22,24-25,28,30-34H,2-17H2,1H3,(H,38,39). The molecule has 2 amide bonds. The molecule has 44 heavy (non-hydrogen) atoms. The molecular formula is C27H48N2O14S. The van der Waals surface area contributed by atoms with Crippen molar-refractivity contribution in [1.29, 1.82) is 0 Å². The van der Waals surface area contributed by atoms with Crippen molar-refractivity contribution in [3.63, 3.8) is 0 Å². The molecule has 0 aromatic heterocycles. The molecule has 1 heterocycles. The number of nitrogens with zero attached hydrogens (tertiary/aromatic N) is 1. The monoisotopic (exact) mass is 656 g/mol. The maximum atomic E-state index is 12.6. The van der Waals surface area contributed by atoms with Gasteiger partial charge in [-0.1, -0.05) is 6.42 Å². The van der Waals surface area contributed by atoms with E-state index in [1.807, 2.05) is 0 Å². The van der Waals surface area contributed by atoms with Gasteiger partial charge >= 0.3 is 5.97 Å². The van der Waals surface area contributed by atoms with Crippen LogP contribution in [0, 0.1) is 0 Å². The van der Waals surface area contributed by atoms with E-state index in [0.717, 1.165) is 11.8 Å². The number of amides is 2. The van der Waals surface area contributed by atoms with Gasteiger partial charge in [-0.3, -0.25) is 24.1 Å². The predicted octanol–water partition coefficient (Wildman–Crippen LogP) is -2.15. The maximum Gasteiger partial charge on any atom is 0.321 e. The Kier molecular flexibility index (Phi) is 21.5. The Hall–Kier alpha value is -1.77. The van der Waals surface area contributed by atoms with Gasteiger partial charge in [-0.05, 0) is 26.3 Å². The van der Waals surface area contributed by atoms with Crippen LogP contribution < -0.4 is 5.32 Å². The molecule has 0 bridgehead atoms. The minimum absolute atomic E-state index is 0.0121. The highest BCUT2D eigenvalue weighted by atomic mass is 32.2. The zero-order chi connectivity index (χ0) is 32.9. The summed E-state index contributed by atoms with van der Waals surface area (Å²) in [5, 5.41) is 57.7. The molecule has 0 aromatic carbocycles. The summed E-state index contributed by atoms with van der Waals surface area (Å²) in [5.41, 5.74) is 0. The fourth-order valence-electron chi connectivity index (χ4n) is 4.08. The highest BCUT2D eigenvalue weighted by Gasteiger charge is 2.39. The molecule has 256 valence electrons. The molecule has 1 rings (SSSR count).